The third-order valence-corrected chi connectivity index (χ3v) is 2.41. The Morgan fingerprint density at radius 2 is 1.83 bits per heavy atom. The van der Waals surface area contributed by atoms with Crippen LogP contribution in [-0.2, 0) is 9.47 Å². The summed E-state index contributed by atoms with van der Waals surface area (Å²) in [6.07, 6.45) is -0.381. The molecule has 5 nitrogen and oxygen atoms in total. The summed E-state index contributed by atoms with van der Waals surface area (Å²) in [6, 6.07) is 0.166. The van der Waals surface area contributed by atoms with E-state index in [0.717, 1.165) is 13.2 Å². The van der Waals surface area contributed by atoms with Crippen LogP contribution in [0.1, 0.15) is 41.5 Å². The molecule has 5 heteroatoms. The molecule has 2 N–H and O–H groups in total. The highest BCUT2D eigenvalue weighted by Crippen LogP contribution is 2.07. The van der Waals surface area contributed by atoms with E-state index in [1.165, 1.54) is 0 Å². The minimum absolute atomic E-state index is 0.00137. The summed E-state index contributed by atoms with van der Waals surface area (Å²) in [4.78, 5) is 11.6. The van der Waals surface area contributed by atoms with Crippen LogP contribution >= 0.6 is 0 Å². The molecule has 108 valence electrons. The quantitative estimate of drug-likeness (QED) is 0.687. The first-order chi connectivity index (χ1) is 8.26. The predicted molar refractivity (Wildman–Crippen MR) is 72.8 cm³/mol. The van der Waals surface area contributed by atoms with E-state index in [-0.39, 0.29) is 18.2 Å². The molecule has 1 amide bonds. The number of amides is 1. The molecule has 0 aliphatic heterocycles. The summed E-state index contributed by atoms with van der Waals surface area (Å²) >= 11 is 0. The van der Waals surface area contributed by atoms with Crippen LogP contribution in [0.5, 0.6) is 0 Å². The van der Waals surface area contributed by atoms with E-state index in [4.69, 9.17) is 9.47 Å². The third kappa shape index (κ3) is 9.24. The van der Waals surface area contributed by atoms with Gasteiger partial charge < -0.3 is 20.1 Å². The summed E-state index contributed by atoms with van der Waals surface area (Å²) in [7, 11) is 0. The average Bonchev–Trinajstić information content (AvgIpc) is 2.21. The Morgan fingerprint density at radius 3 is 2.33 bits per heavy atom. The van der Waals surface area contributed by atoms with E-state index in [9.17, 15) is 4.79 Å². The minimum Gasteiger partial charge on any atom is -0.444 e. The molecule has 0 aromatic carbocycles. The lowest BCUT2D eigenvalue weighted by atomic mass is 10.1. The molecular weight excluding hydrogens is 232 g/mol. The van der Waals surface area contributed by atoms with Crippen LogP contribution in [0, 0.1) is 0 Å². The van der Waals surface area contributed by atoms with E-state index in [2.05, 4.69) is 10.6 Å². The van der Waals surface area contributed by atoms with Crippen molar-refractivity contribution in [1.82, 2.24) is 10.6 Å². The molecule has 0 radical (unpaired) electrons. The Balaban J connectivity index is 3.85. The third-order valence-electron chi connectivity index (χ3n) is 2.41. The minimum atomic E-state index is -0.463. The smallest absolute Gasteiger partial charge is 0.407 e. The number of nitrogens with one attached hydrogen (secondary N) is 2. The van der Waals surface area contributed by atoms with Crippen LogP contribution in [0.4, 0.5) is 4.79 Å². The standard InChI is InChI=1S/C13H28N2O3/c1-7-17-9-8-14-10(2)11(3)15-12(16)18-13(4,5)6/h10-11,14H,7-9H2,1-6H3,(H,15,16)/t10-,11+/m0/s1. The highest BCUT2D eigenvalue weighted by Gasteiger charge is 2.19. The van der Waals surface area contributed by atoms with Gasteiger partial charge in [0.25, 0.3) is 0 Å². The van der Waals surface area contributed by atoms with Crippen molar-refractivity contribution >= 4 is 6.09 Å². The Bertz CT molecular complexity index is 239. The van der Waals surface area contributed by atoms with E-state index in [1.54, 1.807) is 0 Å². The summed E-state index contributed by atoms with van der Waals surface area (Å²) in [5.74, 6) is 0. The molecule has 0 heterocycles. The number of hydrogen-bond acceptors (Lipinski definition) is 4. The molecule has 0 saturated heterocycles. The van der Waals surface area contributed by atoms with Crippen molar-refractivity contribution in [3.05, 3.63) is 0 Å². The zero-order valence-corrected chi connectivity index (χ0v) is 12.5. The second kappa shape index (κ2) is 8.32. The number of carbonyl (C=O) groups excluding carboxylic acids is 1. The van der Waals surface area contributed by atoms with Crippen molar-refractivity contribution in [2.75, 3.05) is 19.8 Å². The monoisotopic (exact) mass is 260 g/mol. The van der Waals surface area contributed by atoms with Gasteiger partial charge in [-0.05, 0) is 41.5 Å². The van der Waals surface area contributed by atoms with Crippen molar-refractivity contribution in [1.29, 1.82) is 0 Å². The zero-order chi connectivity index (χ0) is 14.2. The molecule has 0 aromatic heterocycles. The van der Waals surface area contributed by atoms with Crippen molar-refractivity contribution in [2.24, 2.45) is 0 Å². The maximum absolute atomic E-state index is 11.6. The lowest BCUT2D eigenvalue weighted by Crippen LogP contribution is -2.48. The summed E-state index contributed by atoms with van der Waals surface area (Å²) in [5.41, 5.74) is -0.463. The lowest BCUT2D eigenvalue weighted by Gasteiger charge is -2.25. The fourth-order valence-electron chi connectivity index (χ4n) is 1.30. The van der Waals surface area contributed by atoms with Crippen LogP contribution in [0.25, 0.3) is 0 Å². The number of alkyl carbamates (subject to hydrolysis) is 1. The SMILES string of the molecule is CCOCCN[C@@H](C)[C@@H](C)NC(=O)OC(C)(C)C. The molecule has 0 aliphatic rings. The molecule has 0 rings (SSSR count). The lowest BCUT2D eigenvalue weighted by molar-refractivity contribution is 0.0498. The number of rotatable bonds is 7. The van der Waals surface area contributed by atoms with Crippen molar-refractivity contribution in [2.45, 2.75) is 59.2 Å². The maximum Gasteiger partial charge on any atom is 0.407 e. The van der Waals surface area contributed by atoms with Gasteiger partial charge in [-0.1, -0.05) is 0 Å². The highest BCUT2D eigenvalue weighted by molar-refractivity contribution is 5.68. The molecular formula is C13H28N2O3. The average molecular weight is 260 g/mol. The molecule has 0 fully saturated rings. The first-order valence-corrected chi connectivity index (χ1v) is 6.57. The van der Waals surface area contributed by atoms with Gasteiger partial charge in [-0.2, -0.15) is 0 Å². The van der Waals surface area contributed by atoms with Gasteiger partial charge in [-0.15, -0.1) is 0 Å². The Hall–Kier alpha value is -0.810. The molecule has 0 unspecified atom stereocenters. The van der Waals surface area contributed by atoms with Crippen LogP contribution in [0.15, 0.2) is 0 Å². The maximum atomic E-state index is 11.6. The van der Waals surface area contributed by atoms with Gasteiger partial charge in [0.05, 0.1) is 6.61 Å². The molecule has 2 atom stereocenters. The van der Waals surface area contributed by atoms with Crippen molar-refractivity contribution in [3.8, 4) is 0 Å². The second-order valence-electron chi connectivity index (χ2n) is 5.37. The first-order valence-electron chi connectivity index (χ1n) is 6.57. The van der Waals surface area contributed by atoms with Crippen LogP contribution in [0.3, 0.4) is 0 Å². The highest BCUT2D eigenvalue weighted by atomic mass is 16.6. The van der Waals surface area contributed by atoms with Crippen molar-refractivity contribution in [3.63, 3.8) is 0 Å². The zero-order valence-electron chi connectivity index (χ0n) is 12.5. The Labute approximate surface area is 111 Å². The van der Waals surface area contributed by atoms with Crippen LogP contribution in [0.2, 0.25) is 0 Å². The molecule has 0 aromatic rings. The largest absolute Gasteiger partial charge is 0.444 e. The van der Waals surface area contributed by atoms with Gasteiger partial charge in [-0.25, -0.2) is 4.79 Å². The normalized spacial score (nSPS) is 15.0. The van der Waals surface area contributed by atoms with Gasteiger partial charge in [0.2, 0.25) is 0 Å². The van der Waals surface area contributed by atoms with Gasteiger partial charge in [0, 0.05) is 25.2 Å². The predicted octanol–water partition coefficient (Wildman–Crippen LogP) is 1.91. The molecule has 0 spiro atoms. The van der Waals surface area contributed by atoms with E-state index >= 15 is 0 Å². The topological polar surface area (TPSA) is 59.6 Å². The van der Waals surface area contributed by atoms with E-state index in [0.29, 0.717) is 6.61 Å². The van der Waals surface area contributed by atoms with Gasteiger partial charge >= 0.3 is 6.09 Å². The van der Waals surface area contributed by atoms with E-state index < -0.39 is 5.60 Å². The van der Waals surface area contributed by atoms with Crippen molar-refractivity contribution < 1.29 is 14.3 Å². The van der Waals surface area contributed by atoms with Gasteiger partial charge in [-0.3, -0.25) is 0 Å². The Morgan fingerprint density at radius 1 is 1.22 bits per heavy atom. The number of hydrogen-bond donors (Lipinski definition) is 2. The molecule has 0 aliphatic carbocycles. The van der Waals surface area contributed by atoms with Crippen LogP contribution < -0.4 is 10.6 Å². The van der Waals surface area contributed by atoms with Crippen LogP contribution in [-0.4, -0.2) is 43.5 Å². The number of carbonyl (C=O) groups is 1. The second-order valence-corrected chi connectivity index (χ2v) is 5.37. The Kier molecular flexibility index (Phi) is 7.95. The summed E-state index contributed by atoms with van der Waals surface area (Å²) in [5, 5.41) is 6.10. The first kappa shape index (κ1) is 17.2. The fourth-order valence-corrected chi connectivity index (χ4v) is 1.30. The van der Waals surface area contributed by atoms with Gasteiger partial charge in [0.15, 0.2) is 0 Å². The molecule has 18 heavy (non-hydrogen) atoms. The summed E-state index contributed by atoms with van der Waals surface area (Å²) < 4.78 is 10.4. The van der Waals surface area contributed by atoms with Gasteiger partial charge in [0.1, 0.15) is 5.60 Å². The number of ether oxygens (including phenoxy) is 2. The summed E-state index contributed by atoms with van der Waals surface area (Å²) in [6.45, 7) is 13.7. The van der Waals surface area contributed by atoms with E-state index in [1.807, 2.05) is 41.5 Å². The molecule has 0 saturated carbocycles. The fraction of sp³-hybridized carbons (Fsp3) is 0.923. The molecule has 0 bridgehead atoms.